The lowest BCUT2D eigenvalue weighted by atomic mass is 9.94. The Labute approximate surface area is 134 Å². The smallest absolute Gasteiger partial charge is 0.134 e. The summed E-state index contributed by atoms with van der Waals surface area (Å²) in [4.78, 5) is 4.46. The Morgan fingerprint density at radius 3 is 2.55 bits per heavy atom. The van der Waals surface area contributed by atoms with Crippen molar-refractivity contribution in [3.05, 3.63) is 52.8 Å². The monoisotopic (exact) mass is 300 g/mol. The Morgan fingerprint density at radius 2 is 2.05 bits per heavy atom. The van der Waals surface area contributed by atoms with Crippen molar-refractivity contribution in [2.24, 2.45) is 10.7 Å². The van der Waals surface area contributed by atoms with Crippen LogP contribution in [0.25, 0.3) is 5.57 Å². The van der Waals surface area contributed by atoms with E-state index < -0.39 is 0 Å². The molecule has 3 nitrogen and oxygen atoms in total. The van der Waals surface area contributed by atoms with Gasteiger partial charge in [0, 0.05) is 28.8 Å². The summed E-state index contributed by atoms with van der Waals surface area (Å²) >= 11 is 0. The fourth-order valence-corrected chi connectivity index (χ4v) is 2.24. The molecule has 1 rings (SSSR count). The third kappa shape index (κ3) is 4.48. The molecule has 0 saturated carbocycles. The van der Waals surface area contributed by atoms with E-state index in [-0.39, 0.29) is 0 Å². The van der Waals surface area contributed by atoms with Gasteiger partial charge in [0.05, 0.1) is 6.26 Å². The number of hydrogen-bond donors (Lipinski definition) is 1. The van der Waals surface area contributed by atoms with Gasteiger partial charge in [-0.1, -0.05) is 26.3 Å². The van der Waals surface area contributed by atoms with Crippen molar-refractivity contribution in [3.8, 4) is 0 Å². The van der Waals surface area contributed by atoms with Gasteiger partial charge in [-0.25, -0.2) is 0 Å². The molecule has 0 radical (unpaired) electrons. The van der Waals surface area contributed by atoms with E-state index in [0.717, 1.165) is 53.1 Å². The average Bonchev–Trinajstić information content (AvgIpc) is 3.04. The first kappa shape index (κ1) is 18.0. The molecule has 0 spiro atoms. The van der Waals surface area contributed by atoms with Gasteiger partial charge in [-0.15, -0.1) is 0 Å². The zero-order chi connectivity index (χ0) is 16.5. The molecule has 120 valence electrons. The van der Waals surface area contributed by atoms with Gasteiger partial charge in [0.25, 0.3) is 0 Å². The van der Waals surface area contributed by atoms with Gasteiger partial charge in [0.2, 0.25) is 0 Å². The van der Waals surface area contributed by atoms with Gasteiger partial charge in [0.1, 0.15) is 5.76 Å². The summed E-state index contributed by atoms with van der Waals surface area (Å²) in [6.45, 7) is 10.2. The average molecular weight is 300 g/mol. The number of hydrogen-bond acceptors (Lipinski definition) is 3. The lowest BCUT2D eigenvalue weighted by Crippen LogP contribution is -2.08. The van der Waals surface area contributed by atoms with E-state index in [1.807, 2.05) is 26.0 Å². The quantitative estimate of drug-likeness (QED) is 0.536. The Hall–Kier alpha value is -2.03. The standard InChI is InChI=1S/C19H28N2O/c1-6-9-11-16(17-12-10-13-22-17)18(15(5)21-8-3)19(20)14(4)7-2/h8,10-13H,6-7,9,20H2,1-5H3/b16-11-,18-15-,19-14-,21-8?. The number of nitrogens with zero attached hydrogens (tertiary/aromatic N) is 1. The first-order chi connectivity index (χ1) is 10.6. The molecule has 0 unspecified atom stereocenters. The van der Waals surface area contributed by atoms with Gasteiger partial charge < -0.3 is 10.2 Å². The maximum absolute atomic E-state index is 6.45. The van der Waals surface area contributed by atoms with Crippen molar-refractivity contribution in [2.45, 2.75) is 53.9 Å². The molecular formula is C19H28N2O. The second-order valence-corrected chi connectivity index (χ2v) is 5.28. The molecule has 0 fully saturated rings. The normalized spacial score (nSPS) is 15.0. The largest absolute Gasteiger partial charge is 0.464 e. The molecular weight excluding hydrogens is 272 g/mol. The predicted molar refractivity (Wildman–Crippen MR) is 95.6 cm³/mol. The molecule has 0 bridgehead atoms. The molecule has 1 heterocycles. The summed E-state index contributed by atoms with van der Waals surface area (Å²) in [5, 5.41) is 0. The third-order valence-corrected chi connectivity index (χ3v) is 3.64. The van der Waals surface area contributed by atoms with E-state index in [1.54, 1.807) is 12.5 Å². The van der Waals surface area contributed by atoms with Crippen molar-refractivity contribution in [1.29, 1.82) is 0 Å². The summed E-state index contributed by atoms with van der Waals surface area (Å²) in [6.07, 6.45) is 8.64. The molecule has 22 heavy (non-hydrogen) atoms. The zero-order valence-electron chi connectivity index (χ0n) is 14.4. The lowest BCUT2D eigenvalue weighted by Gasteiger charge is -2.16. The lowest BCUT2D eigenvalue weighted by molar-refractivity contribution is 0.553. The third-order valence-electron chi connectivity index (χ3n) is 3.64. The van der Waals surface area contributed by atoms with Gasteiger partial charge in [-0.3, -0.25) is 4.99 Å². The van der Waals surface area contributed by atoms with Gasteiger partial charge in [0.15, 0.2) is 0 Å². The minimum absolute atomic E-state index is 0.796. The van der Waals surface area contributed by atoms with Crippen LogP contribution in [0.5, 0.6) is 0 Å². The van der Waals surface area contributed by atoms with Gasteiger partial charge >= 0.3 is 0 Å². The number of nitrogens with two attached hydrogens (primary N) is 1. The highest BCUT2D eigenvalue weighted by molar-refractivity contribution is 5.82. The minimum atomic E-state index is 0.796. The summed E-state index contributed by atoms with van der Waals surface area (Å²) < 4.78 is 5.63. The van der Waals surface area contributed by atoms with Crippen molar-refractivity contribution >= 4 is 11.8 Å². The van der Waals surface area contributed by atoms with E-state index in [2.05, 4.69) is 31.8 Å². The molecule has 3 heteroatoms. The van der Waals surface area contributed by atoms with Crippen LogP contribution in [0.15, 0.2) is 56.4 Å². The van der Waals surface area contributed by atoms with Crippen LogP contribution in [-0.4, -0.2) is 6.21 Å². The summed E-state index contributed by atoms with van der Waals surface area (Å²) in [6, 6.07) is 3.87. The van der Waals surface area contributed by atoms with Crippen molar-refractivity contribution in [3.63, 3.8) is 0 Å². The van der Waals surface area contributed by atoms with E-state index in [9.17, 15) is 0 Å². The molecule has 1 aromatic rings. The minimum Gasteiger partial charge on any atom is -0.464 e. The molecule has 1 aromatic heterocycles. The number of furan rings is 1. The number of allylic oxidation sites excluding steroid dienone is 4. The number of unbranched alkanes of at least 4 members (excludes halogenated alkanes) is 1. The van der Waals surface area contributed by atoms with Gasteiger partial charge in [-0.05, 0) is 51.3 Å². The number of rotatable bonds is 7. The van der Waals surface area contributed by atoms with Crippen molar-refractivity contribution < 1.29 is 4.42 Å². The van der Waals surface area contributed by atoms with Gasteiger partial charge in [-0.2, -0.15) is 0 Å². The van der Waals surface area contributed by atoms with Crippen LogP contribution < -0.4 is 5.73 Å². The van der Waals surface area contributed by atoms with Crippen molar-refractivity contribution in [2.75, 3.05) is 0 Å². The van der Waals surface area contributed by atoms with Crippen molar-refractivity contribution in [1.82, 2.24) is 0 Å². The Balaban J connectivity index is 3.56. The van der Waals surface area contributed by atoms with Crippen LogP contribution in [0.1, 0.15) is 59.6 Å². The summed E-state index contributed by atoms with van der Waals surface area (Å²) in [5.74, 6) is 0.834. The molecule has 0 aliphatic heterocycles. The molecule has 2 N–H and O–H groups in total. The van der Waals surface area contributed by atoms with Crippen LogP contribution in [-0.2, 0) is 0 Å². The highest BCUT2D eigenvalue weighted by Crippen LogP contribution is 2.32. The fraction of sp³-hybridized carbons (Fsp3) is 0.421. The molecule has 0 aliphatic rings. The summed E-state index contributed by atoms with van der Waals surface area (Å²) in [5.41, 5.74) is 11.3. The van der Waals surface area contributed by atoms with Crippen LogP contribution in [0.4, 0.5) is 0 Å². The fourth-order valence-electron chi connectivity index (χ4n) is 2.24. The molecule has 0 saturated heterocycles. The molecule has 0 atom stereocenters. The van der Waals surface area contributed by atoms with E-state index >= 15 is 0 Å². The SMILES string of the molecule is CC=N/C(C)=C(C(\N)=C(/C)CC)/C(=C\CCC)c1ccco1. The van der Waals surface area contributed by atoms with Crippen LogP contribution in [0, 0.1) is 0 Å². The highest BCUT2D eigenvalue weighted by Gasteiger charge is 2.17. The van der Waals surface area contributed by atoms with E-state index in [1.165, 1.54) is 0 Å². The predicted octanol–water partition coefficient (Wildman–Crippen LogP) is 5.47. The van der Waals surface area contributed by atoms with E-state index in [0.29, 0.717) is 0 Å². The molecule has 0 amide bonds. The molecule has 0 aromatic carbocycles. The Kier molecular flexibility index (Phi) is 7.44. The highest BCUT2D eigenvalue weighted by atomic mass is 16.3. The Bertz CT molecular complexity index is 587. The maximum atomic E-state index is 6.45. The van der Waals surface area contributed by atoms with Crippen LogP contribution in [0.3, 0.4) is 0 Å². The van der Waals surface area contributed by atoms with E-state index in [4.69, 9.17) is 10.2 Å². The first-order valence-corrected chi connectivity index (χ1v) is 7.96. The Morgan fingerprint density at radius 1 is 1.32 bits per heavy atom. The second-order valence-electron chi connectivity index (χ2n) is 5.28. The first-order valence-electron chi connectivity index (χ1n) is 7.96. The maximum Gasteiger partial charge on any atom is 0.134 e. The van der Waals surface area contributed by atoms with Crippen LogP contribution in [0.2, 0.25) is 0 Å². The summed E-state index contributed by atoms with van der Waals surface area (Å²) in [7, 11) is 0. The molecule has 0 aliphatic carbocycles. The zero-order valence-corrected chi connectivity index (χ0v) is 14.4. The van der Waals surface area contributed by atoms with Crippen LogP contribution >= 0.6 is 0 Å². The second kappa shape index (κ2) is 9.08. The number of aliphatic imine (C=N–C) groups is 1. The topological polar surface area (TPSA) is 51.5 Å².